The first-order valence-electron chi connectivity index (χ1n) is 8.46. The second-order valence-corrected chi connectivity index (χ2v) is 6.23. The zero-order chi connectivity index (χ0) is 16.9. The normalized spacial score (nSPS) is 15.1. The zero-order valence-corrected chi connectivity index (χ0v) is 14.2. The molecule has 3 rings (SSSR count). The van der Waals surface area contributed by atoms with Crippen molar-refractivity contribution in [2.24, 2.45) is 0 Å². The van der Waals surface area contributed by atoms with E-state index in [-0.39, 0.29) is 5.91 Å². The van der Waals surface area contributed by atoms with Gasteiger partial charge in [0, 0.05) is 18.4 Å². The number of hydrogen-bond donors (Lipinski definition) is 1. The Morgan fingerprint density at radius 3 is 2.50 bits per heavy atom. The molecule has 1 aromatic carbocycles. The number of nitrogens with one attached hydrogen (secondary N) is 1. The predicted molar refractivity (Wildman–Crippen MR) is 94.1 cm³/mol. The van der Waals surface area contributed by atoms with Crippen LogP contribution in [0.1, 0.15) is 50.6 Å². The summed E-state index contributed by atoms with van der Waals surface area (Å²) in [5.74, 6) is 1.67. The van der Waals surface area contributed by atoms with Gasteiger partial charge in [-0.25, -0.2) is 9.97 Å². The second kappa shape index (κ2) is 7.43. The average molecular weight is 325 g/mol. The van der Waals surface area contributed by atoms with Gasteiger partial charge in [-0.05, 0) is 37.1 Å². The van der Waals surface area contributed by atoms with Crippen LogP contribution in [0.3, 0.4) is 0 Å². The SMILES string of the molecule is COc1ccc(-c2cnc(NC(C)=O)c(C3CCCCC3)n2)cc1. The summed E-state index contributed by atoms with van der Waals surface area (Å²) in [5.41, 5.74) is 2.74. The number of anilines is 1. The van der Waals surface area contributed by atoms with Crippen molar-refractivity contribution in [2.45, 2.75) is 44.9 Å². The van der Waals surface area contributed by atoms with Gasteiger partial charge in [-0.15, -0.1) is 0 Å². The summed E-state index contributed by atoms with van der Waals surface area (Å²) in [4.78, 5) is 20.8. The highest BCUT2D eigenvalue weighted by Gasteiger charge is 2.22. The average Bonchev–Trinajstić information content (AvgIpc) is 2.62. The molecule has 1 fully saturated rings. The highest BCUT2D eigenvalue weighted by Crippen LogP contribution is 2.35. The molecule has 0 radical (unpaired) electrons. The van der Waals surface area contributed by atoms with E-state index in [2.05, 4.69) is 10.3 Å². The van der Waals surface area contributed by atoms with Crippen LogP contribution in [0.2, 0.25) is 0 Å². The van der Waals surface area contributed by atoms with E-state index in [1.165, 1.54) is 26.2 Å². The van der Waals surface area contributed by atoms with Crippen LogP contribution in [0.5, 0.6) is 5.75 Å². The number of benzene rings is 1. The Morgan fingerprint density at radius 2 is 1.88 bits per heavy atom. The van der Waals surface area contributed by atoms with Crippen LogP contribution in [-0.4, -0.2) is 23.0 Å². The summed E-state index contributed by atoms with van der Waals surface area (Å²) in [6.45, 7) is 1.50. The van der Waals surface area contributed by atoms with Crippen LogP contribution in [-0.2, 0) is 4.79 Å². The lowest BCUT2D eigenvalue weighted by Crippen LogP contribution is -2.15. The fourth-order valence-corrected chi connectivity index (χ4v) is 3.23. The highest BCUT2D eigenvalue weighted by atomic mass is 16.5. The van der Waals surface area contributed by atoms with Crippen LogP contribution < -0.4 is 10.1 Å². The lowest BCUT2D eigenvalue weighted by atomic mass is 9.86. The van der Waals surface area contributed by atoms with Crippen molar-refractivity contribution in [3.05, 3.63) is 36.2 Å². The lowest BCUT2D eigenvalue weighted by Gasteiger charge is -2.23. The van der Waals surface area contributed by atoms with E-state index in [1.807, 2.05) is 24.3 Å². The van der Waals surface area contributed by atoms with Gasteiger partial charge in [0.1, 0.15) is 5.75 Å². The van der Waals surface area contributed by atoms with Crippen LogP contribution >= 0.6 is 0 Å². The van der Waals surface area contributed by atoms with Gasteiger partial charge in [0.15, 0.2) is 5.82 Å². The molecule has 0 bridgehead atoms. The third-order valence-corrected chi connectivity index (χ3v) is 4.47. The van der Waals surface area contributed by atoms with Gasteiger partial charge >= 0.3 is 0 Å². The summed E-state index contributed by atoms with van der Waals surface area (Å²) < 4.78 is 5.20. The van der Waals surface area contributed by atoms with Crippen molar-refractivity contribution in [3.63, 3.8) is 0 Å². The number of nitrogens with zero attached hydrogens (tertiary/aromatic N) is 2. The fourth-order valence-electron chi connectivity index (χ4n) is 3.23. The number of aromatic nitrogens is 2. The zero-order valence-electron chi connectivity index (χ0n) is 14.2. The van der Waals surface area contributed by atoms with Crippen LogP contribution in [0.15, 0.2) is 30.5 Å². The van der Waals surface area contributed by atoms with Crippen molar-refractivity contribution in [3.8, 4) is 17.0 Å². The smallest absolute Gasteiger partial charge is 0.222 e. The maximum Gasteiger partial charge on any atom is 0.222 e. The van der Waals surface area contributed by atoms with Crippen molar-refractivity contribution >= 4 is 11.7 Å². The summed E-state index contributed by atoms with van der Waals surface area (Å²) >= 11 is 0. The number of hydrogen-bond acceptors (Lipinski definition) is 4. The molecular weight excluding hydrogens is 302 g/mol. The Bertz CT molecular complexity index is 707. The lowest BCUT2D eigenvalue weighted by molar-refractivity contribution is -0.114. The first-order valence-corrected chi connectivity index (χ1v) is 8.46. The van der Waals surface area contributed by atoms with E-state index in [1.54, 1.807) is 13.3 Å². The minimum Gasteiger partial charge on any atom is -0.497 e. The topological polar surface area (TPSA) is 64.1 Å². The molecular formula is C19H23N3O2. The molecule has 2 aromatic rings. The third kappa shape index (κ3) is 3.72. The molecule has 1 N–H and O–H groups in total. The molecule has 1 aromatic heterocycles. The number of amides is 1. The minimum absolute atomic E-state index is 0.112. The molecule has 0 aliphatic heterocycles. The first kappa shape index (κ1) is 16.4. The van der Waals surface area contributed by atoms with Gasteiger partial charge in [-0.2, -0.15) is 0 Å². The molecule has 1 aliphatic carbocycles. The second-order valence-electron chi connectivity index (χ2n) is 6.23. The molecule has 0 saturated heterocycles. The molecule has 0 atom stereocenters. The summed E-state index contributed by atoms with van der Waals surface area (Å²) in [6.07, 6.45) is 7.62. The molecule has 0 spiro atoms. The van der Waals surface area contributed by atoms with Crippen LogP contribution in [0.25, 0.3) is 11.3 Å². The minimum atomic E-state index is -0.112. The number of rotatable bonds is 4. The molecule has 5 nitrogen and oxygen atoms in total. The first-order chi connectivity index (χ1) is 11.7. The molecule has 0 unspecified atom stereocenters. The fraction of sp³-hybridized carbons (Fsp3) is 0.421. The molecule has 5 heteroatoms. The van der Waals surface area contributed by atoms with E-state index in [9.17, 15) is 4.79 Å². The maximum absolute atomic E-state index is 11.5. The van der Waals surface area contributed by atoms with E-state index in [0.29, 0.717) is 11.7 Å². The third-order valence-electron chi connectivity index (χ3n) is 4.47. The maximum atomic E-state index is 11.5. The van der Waals surface area contributed by atoms with Gasteiger partial charge in [0.05, 0.1) is 24.7 Å². The van der Waals surface area contributed by atoms with Gasteiger partial charge in [-0.3, -0.25) is 4.79 Å². The van der Waals surface area contributed by atoms with E-state index >= 15 is 0 Å². The Balaban J connectivity index is 1.96. The molecule has 1 heterocycles. The van der Waals surface area contributed by atoms with Crippen molar-refractivity contribution in [1.82, 2.24) is 9.97 Å². The Kier molecular flexibility index (Phi) is 5.08. The predicted octanol–water partition coefficient (Wildman–Crippen LogP) is 4.16. The van der Waals surface area contributed by atoms with Gasteiger partial charge in [0.2, 0.25) is 5.91 Å². The molecule has 1 saturated carbocycles. The van der Waals surface area contributed by atoms with Crippen molar-refractivity contribution in [1.29, 1.82) is 0 Å². The van der Waals surface area contributed by atoms with Crippen molar-refractivity contribution in [2.75, 3.05) is 12.4 Å². The number of ether oxygens (including phenoxy) is 1. The Morgan fingerprint density at radius 1 is 1.17 bits per heavy atom. The summed E-state index contributed by atoms with van der Waals surface area (Å²) in [5, 5.41) is 2.84. The number of carbonyl (C=O) groups excluding carboxylic acids is 1. The van der Waals surface area contributed by atoms with Gasteiger partial charge in [0.25, 0.3) is 0 Å². The van der Waals surface area contributed by atoms with Gasteiger partial charge < -0.3 is 10.1 Å². The van der Waals surface area contributed by atoms with E-state index < -0.39 is 0 Å². The largest absolute Gasteiger partial charge is 0.497 e. The van der Waals surface area contributed by atoms with Crippen LogP contribution in [0, 0.1) is 0 Å². The highest BCUT2D eigenvalue weighted by molar-refractivity contribution is 5.88. The molecule has 1 aliphatic rings. The Hall–Kier alpha value is -2.43. The van der Waals surface area contributed by atoms with Crippen LogP contribution in [0.4, 0.5) is 5.82 Å². The number of carbonyl (C=O) groups is 1. The molecule has 126 valence electrons. The molecule has 24 heavy (non-hydrogen) atoms. The monoisotopic (exact) mass is 325 g/mol. The summed E-state index contributed by atoms with van der Waals surface area (Å²) in [7, 11) is 1.65. The van der Waals surface area contributed by atoms with Crippen molar-refractivity contribution < 1.29 is 9.53 Å². The standard InChI is InChI=1S/C19H23N3O2/c1-13(23)21-19-18(15-6-4-3-5-7-15)22-17(12-20-19)14-8-10-16(24-2)11-9-14/h8-12,15H,3-7H2,1-2H3,(H,20,21,23). The van der Waals surface area contributed by atoms with E-state index in [4.69, 9.17) is 9.72 Å². The molecule has 1 amide bonds. The quantitative estimate of drug-likeness (QED) is 0.917. The Labute approximate surface area is 142 Å². The number of methoxy groups -OCH3 is 1. The summed E-state index contributed by atoms with van der Waals surface area (Å²) in [6, 6.07) is 7.79. The van der Waals surface area contributed by atoms with E-state index in [0.717, 1.165) is 35.5 Å². The van der Waals surface area contributed by atoms with Gasteiger partial charge in [-0.1, -0.05) is 19.3 Å².